The zero-order valence-corrected chi connectivity index (χ0v) is 9.75. The normalized spacial score (nSPS) is 11.4. The maximum atomic E-state index is 11.7. The van der Waals surface area contributed by atoms with Gasteiger partial charge in [0, 0.05) is 0 Å². The molecule has 0 saturated heterocycles. The van der Waals surface area contributed by atoms with Gasteiger partial charge in [-0.3, -0.25) is 4.79 Å². The van der Waals surface area contributed by atoms with Gasteiger partial charge in [-0.15, -0.1) is 0 Å². The predicted octanol–water partition coefficient (Wildman–Crippen LogP) is 1.69. The molecule has 18 heavy (non-hydrogen) atoms. The zero-order chi connectivity index (χ0) is 13.7. The van der Waals surface area contributed by atoms with E-state index in [1.165, 1.54) is 31.2 Å². The number of rotatable bonds is 5. The fourth-order valence-corrected chi connectivity index (χ4v) is 1.30. The van der Waals surface area contributed by atoms with Gasteiger partial charge >= 0.3 is 11.9 Å². The summed E-state index contributed by atoms with van der Waals surface area (Å²) in [5.41, 5.74) is -0.255. The highest BCUT2D eigenvalue weighted by Gasteiger charge is 2.21. The Kier molecular flexibility index (Phi) is 4.37. The van der Waals surface area contributed by atoms with Gasteiger partial charge in [-0.2, -0.15) is 0 Å². The first kappa shape index (κ1) is 13.6. The number of carboxylic acid groups (broad SMARTS) is 1. The van der Waals surface area contributed by atoms with Gasteiger partial charge in [0.2, 0.25) is 0 Å². The summed E-state index contributed by atoms with van der Waals surface area (Å²) >= 11 is 0. The molecule has 0 spiro atoms. The van der Waals surface area contributed by atoms with Crippen LogP contribution in [0.3, 0.4) is 0 Å². The van der Waals surface area contributed by atoms with E-state index in [-0.39, 0.29) is 11.1 Å². The van der Waals surface area contributed by atoms with Crippen LogP contribution in [0.1, 0.15) is 27.6 Å². The van der Waals surface area contributed by atoms with E-state index < -0.39 is 23.8 Å². The number of carboxylic acids is 1. The topological polar surface area (TPSA) is 80.7 Å². The van der Waals surface area contributed by atoms with Crippen molar-refractivity contribution in [2.24, 2.45) is 0 Å². The van der Waals surface area contributed by atoms with Gasteiger partial charge in [0.1, 0.15) is 0 Å². The first-order valence-corrected chi connectivity index (χ1v) is 5.17. The standard InChI is InChI=1S/C13H12O5/c1-3-11(14)8(2)18-13(17)10-7-5-4-6-9(10)12(15)16/h3-8H,1H2,2H3,(H,15,16). The fourth-order valence-electron chi connectivity index (χ4n) is 1.30. The number of hydrogen-bond acceptors (Lipinski definition) is 4. The molecule has 1 N–H and O–H groups in total. The minimum atomic E-state index is -1.23. The SMILES string of the molecule is C=CC(=O)C(C)OC(=O)c1ccccc1C(=O)O. The molecule has 1 aromatic rings. The van der Waals surface area contributed by atoms with E-state index in [4.69, 9.17) is 9.84 Å². The second kappa shape index (κ2) is 5.77. The number of esters is 1. The first-order valence-electron chi connectivity index (χ1n) is 5.17. The molecule has 0 aliphatic carbocycles. The lowest BCUT2D eigenvalue weighted by atomic mass is 10.1. The lowest BCUT2D eigenvalue weighted by molar-refractivity contribution is -0.122. The Labute approximate surface area is 104 Å². The lowest BCUT2D eigenvalue weighted by Crippen LogP contribution is -2.23. The van der Waals surface area contributed by atoms with Gasteiger partial charge in [0.15, 0.2) is 11.9 Å². The van der Waals surface area contributed by atoms with E-state index in [1.54, 1.807) is 0 Å². The summed E-state index contributed by atoms with van der Waals surface area (Å²) < 4.78 is 4.86. The lowest BCUT2D eigenvalue weighted by Gasteiger charge is -2.11. The highest BCUT2D eigenvalue weighted by atomic mass is 16.5. The molecule has 5 heteroatoms. The second-order valence-electron chi connectivity index (χ2n) is 3.50. The third kappa shape index (κ3) is 3.04. The number of carbonyl (C=O) groups excluding carboxylic acids is 2. The monoisotopic (exact) mass is 248 g/mol. The summed E-state index contributed by atoms with van der Waals surface area (Å²) in [6.07, 6.45) is 0.0537. The van der Waals surface area contributed by atoms with Gasteiger partial charge < -0.3 is 9.84 Å². The van der Waals surface area contributed by atoms with Gasteiger partial charge in [-0.1, -0.05) is 18.7 Å². The molecule has 0 aliphatic rings. The van der Waals surface area contributed by atoms with Crippen molar-refractivity contribution in [3.63, 3.8) is 0 Å². The van der Waals surface area contributed by atoms with E-state index in [1.807, 2.05) is 0 Å². The Balaban J connectivity index is 2.94. The molecule has 0 radical (unpaired) electrons. The molecule has 94 valence electrons. The molecular weight excluding hydrogens is 236 g/mol. The molecule has 1 unspecified atom stereocenters. The number of ether oxygens (including phenoxy) is 1. The maximum absolute atomic E-state index is 11.7. The van der Waals surface area contributed by atoms with Crippen LogP contribution in [0.2, 0.25) is 0 Å². The number of carbonyl (C=O) groups is 3. The molecular formula is C13H12O5. The third-order valence-electron chi connectivity index (χ3n) is 2.26. The molecule has 0 amide bonds. The van der Waals surface area contributed by atoms with Crippen LogP contribution in [0, 0.1) is 0 Å². The maximum Gasteiger partial charge on any atom is 0.339 e. The summed E-state index contributed by atoms with van der Waals surface area (Å²) in [4.78, 5) is 33.8. The molecule has 1 aromatic carbocycles. The van der Waals surface area contributed by atoms with Crippen LogP contribution in [0.5, 0.6) is 0 Å². The molecule has 0 saturated carbocycles. The van der Waals surface area contributed by atoms with E-state index in [0.717, 1.165) is 6.08 Å². The van der Waals surface area contributed by atoms with Crippen molar-refractivity contribution < 1.29 is 24.2 Å². The Hall–Kier alpha value is -2.43. The van der Waals surface area contributed by atoms with Crippen LogP contribution < -0.4 is 0 Å². The smallest absolute Gasteiger partial charge is 0.339 e. The van der Waals surface area contributed by atoms with Crippen LogP contribution in [-0.2, 0) is 9.53 Å². The zero-order valence-electron chi connectivity index (χ0n) is 9.75. The Bertz CT molecular complexity index is 504. The quantitative estimate of drug-likeness (QED) is 0.633. The van der Waals surface area contributed by atoms with Gasteiger partial charge in [-0.25, -0.2) is 9.59 Å². The molecule has 1 rings (SSSR count). The van der Waals surface area contributed by atoms with Crippen LogP contribution in [0.25, 0.3) is 0 Å². The van der Waals surface area contributed by atoms with Gasteiger partial charge in [-0.05, 0) is 25.1 Å². The summed E-state index contributed by atoms with van der Waals surface area (Å²) in [5.74, 6) is -2.53. The molecule has 1 atom stereocenters. The van der Waals surface area contributed by atoms with E-state index in [0.29, 0.717) is 0 Å². The van der Waals surface area contributed by atoms with Crippen molar-refractivity contribution >= 4 is 17.7 Å². The van der Waals surface area contributed by atoms with E-state index in [2.05, 4.69) is 6.58 Å². The largest absolute Gasteiger partial charge is 0.478 e. The third-order valence-corrected chi connectivity index (χ3v) is 2.26. The Morgan fingerprint density at radius 1 is 1.28 bits per heavy atom. The molecule has 0 aromatic heterocycles. The van der Waals surface area contributed by atoms with Gasteiger partial charge in [0.25, 0.3) is 0 Å². The van der Waals surface area contributed by atoms with Crippen molar-refractivity contribution in [1.29, 1.82) is 0 Å². The van der Waals surface area contributed by atoms with E-state index in [9.17, 15) is 14.4 Å². The summed E-state index contributed by atoms with van der Waals surface area (Å²) in [5, 5.41) is 8.91. The molecule has 0 aliphatic heterocycles. The minimum absolute atomic E-state index is 0.0892. The first-order chi connectivity index (χ1) is 8.47. The van der Waals surface area contributed by atoms with Crippen molar-refractivity contribution in [3.8, 4) is 0 Å². The van der Waals surface area contributed by atoms with Crippen molar-refractivity contribution in [2.45, 2.75) is 13.0 Å². The highest BCUT2D eigenvalue weighted by Crippen LogP contribution is 2.11. The van der Waals surface area contributed by atoms with Gasteiger partial charge in [0.05, 0.1) is 11.1 Å². The fraction of sp³-hybridized carbons (Fsp3) is 0.154. The van der Waals surface area contributed by atoms with Crippen molar-refractivity contribution in [2.75, 3.05) is 0 Å². The second-order valence-corrected chi connectivity index (χ2v) is 3.50. The Morgan fingerprint density at radius 3 is 2.33 bits per heavy atom. The molecule has 5 nitrogen and oxygen atoms in total. The number of aromatic carboxylic acids is 1. The van der Waals surface area contributed by atoms with Crippen LogP contribution >= 0.6 is 0 Å². The minimum Gasteiger partial charge on any atom is -0.478 e. The molecule has 0 heterocycles. The van der Waals surface area contributed by atoms with E-state index >= 15 is 0 Å². The van der Waals surface area contributed by atoms with Crippen molar-refractivity contribution in [3.05, 3.63) is 48.0 Å². The molecule has 0 bridgehead atoms. The number of hydrogen-bond donors (Lipinski definition) is 1. The van der Waals surface area contributed by atoms with Crippen LogP contribution in [0.15, 0.2) is 36.9 Å². The number of ketones is 1. The Morgan fingerprint density at radius 2 is 1.83 bits per heavy atom. The van der Waals surface area contributed by atoms with Crippen LogP contribution in [-0.4, -0.2) is 28.9 Å². The average Bonchev–Trinajstić information content (AvgIpc) is 2.37. The number of benzene rings is 1. The van der Waals surface area contributed by atoms with Crippen molar-refractivity contribution in [1.82, 2.24) is 0 Å². The van der Waals surface area contributed by atoms with Crippen LogP contribution in [0.4, 0.5) is 0 Å². The summed E-state index contributed by atoms with van der Waals surface area (Å²) in [7, 11) is 0. The molecule has 0 fully saturated rings. The summed E-state index contributed by atoms with van der Waals surface area (Å²) in [6, 6.07) is 5.64. The predicted molar refractivity (Wildman–Crippen MR) is 63.5 cm³/mol. The highest BCUT2D eigenvalue weighted by molar-refractivity contribution is 6.03. The average molecular weight is 248 g/mol. The summed E-state index contributed by atoms with van der Waals surface area (Å²) in [6.45, 7) is 4.67.